The van der Waals surface area contributed by atoms with E-state index in [1.807, 2.05) is 0 Å². The van der Waals surface area contributed by atoms with Gasteiger partial charge in [0, 0.05) is 10.0 Å². The van der Waals surface area contributed by atoms with E-state index in [0.29, 0.717) is 10.0 Å². The minimum absolute atomic E-state index is 0.212. The minimum atomic E-state index is -1.03. The highest BCUT2D eigenvalue weighted by Crippen LogP contribution is 2.25. The highest BCUT2D eigenvalue weighted by atomic mass is 79.9. The summed E-state index contributed by atoms with van der Waals surface area (Å²) in [6.07, 6.45) is 0. The molecule has 1 atom stereocenters. The molecule has 0 aliphatic carbocycles. The molecule has 0 aliphatic rings. The molecule has 1 rings (SSSR count). The van der Waals surface area contributed by atoms with Gasteiger partial charge in [-0.1, -0.05) is 15.9 Å². The van der Waals surface area contributed by atoms with Crippen molar-refractivity contribution in [3.8, 4) is 0 Å². The number of rotatable bonds is 2. The van der Waals surface area contributed by atoms with Gasteiger partial charge in [0.05, 0.1) is 5.92 Å². The number of aliphatic carboxylic acids is 1. The standard InChI is InChI=1S/C10H10BrFO2/c1-5-3-7(11)4-8(9(5)12)6(2)10(13)14/h3-4,6H,1-2H3,(H,13,14). The van der Waals surface area contributed by atoms with Crippen LogP contribution in [0.25, 0.3) is 0 Å². The number of carboxylic acids is 1. The van der Waals surface area contributed by atoms with Crippen molar-refractivity contribution >= 4 is 21.9 Å². The Balaban J connectivity index is 3.26. The van der Waals surface area contributed by atoms with Gasteiger partial charge in [-0.25, -0.2) is 4.39 Å². The zero-order chi connectivity index (χ0) is 10.9. The van der Waals surface area contributed by atoms with Gasteiger partial charge < -0.3 is 5.11 Å². The lowest BCUT2D eigenvalue weighted by Crippen LogP contribution is -2.10. The summed E-state index contributed by atoms with van der Waals surface area (Å²) >= 11 is 3.20. The summed E-state index contributed by atoms with van der Waals surface area (Å²) in [5, 5.41) is 8.76. The summed E-state index contributed by atoms with van der Waals surface area (Å²) in [6, 6.07) is 3.12. The SMILES string of the molecule is Cc1cc(Br)cc(C(C)C(=O)O)c1F. The quantitative estimate of drug-likeness (QED) is 0.888. The largest absolute Gasteiger partial charge is 0.481 e. The molecule has 0 spiro atoms. The molecule has 0 aromatic heterocycles. The molecule has 0 saturated carbocycles. The second-order valence-electron chi connectivity index (χ2n) is 3.19. The molecule has 2 nitrogen and oxygen atoms in total. The van der Waals surface area contributed by atoms with Gasteiger partial charge in [-0.15, -0.1) is 0 Å². The normalized spacial score (nSPS) is 12.6. The first-order valence-corrected chi connectivity index (χ1v) is 4.91. The number of halogens is 2. The van der Waals surface area contributed by atoms with Crippen LogP contribution < -0.4 is 0 Å². The highest BCUT2D eigenvalue weighted by molar-refractivity contribution is 9.10. The van der Waals surface area contributed by atoms with Gasteiger partial charge in [0.2, 0.25) is 0 Å². The number of carboxylic acid groups (broad SMARTS) is 1. The Morgan fingerprint density at radius 3 is 2.64 bits per heavy atom. The van der Waals surface area contributed by atoms with Crippen molar-refractivity contribution in [2.45, 2.75) is 19.8 Å². The molecule has 14 heavy (non-hydrogen) atoms. The van der Waals surface area contributed by atoms with Gasteiger partial charge in [0.15, 0.2) is 0 Å². The average molecular weight is 261 g/mol. The van der Waals surface area contributed by atoms with Gasteiger partial charge in [-0.2, -0.15) is 0 Å². The Hall–Kier alpha value is -0.900. The first-order chi connectivity index (χ1) is 6.43. The van der Waals surface area contributed by atoms with Gasteiger partial charge in [-0.3, -0.25) is 4.79 Å². The zero-order valence-electron chi connectivity index (χ0n) is 7.84. The summed E-state index contributed by atoms with van der Waals surface area (Å²) in [4.78, 5) is 10.7. The van der Waals surface area contributed by atoms with Crippen LogP contribution in [0.5, 0.6) is 0 Å². The van der Waals surface area contributed by atoms with E-state index in [1.165, 1.54) is 13.0 Å². The predicted molar refractivity (Wildman–Crippen MR) is 54.9 cm³/mol. The number of aryl methyl sites for hydroxylation is 1. The fourth-order valence-electron chi connectivity index (χ4n) is 1.20. The van der Waals surface area contributed by atoms with Crippen LogP contribution in [0.3, 0.4) is 0 Å². The highest BCUT2D eigenvalue weighted by Gasteiger charge is 2.19. The number of hydrogen-bond acceptors (Lipinski definition) is 1. The second kappa shape index (κ2) is 4.09. The maximum absolute atomic E-state index is 13.5. The maximum atomic E-state index is 13.5. The van der Waals surface area contributed by atoms with E-state index < -0.39 is 17.7 Å². The Kier molecular flexibility index (Phi) is 3.26. The van der Waals surface area contributed by atoms with Crippen LogP contribution in [0.4, 0.5) is 4.39 Å². The first kappa shape index (κ1) is 11.2. The first-order valence-electron chi connectivity index (χ1n) is 4.12. The number of benzene rings is 1. The van der Waals surface area contributed by atoms with Crippen molar-refractivity contribution in [1.29, 1.82) is 0 Å². The molecule has 0 bridgehead atoms. The molecule has 0 aliphatic heterocycles. The van der Waals surface area contributed by atoms with E-state index in [0.717, 1.165) is 0 Å². The third kappa shape index (κ3) is 2.12. The third-order valence-corrected chi connectivity index (χ3v) is 2.54. The Morgan fingerprint density at radius 2 is 2.14 bits per heavy atom. The van der Waals surface area contributed by atoms with Gasteiger partial charge in [0.1, 0.15) is 5.82 Å². The van der Waals surface area contributed by atoms with Crippen LogP contribution in [-0.4, -0.2) is 11.1 Å². The van der Waals surface area contributed by atoms with E-state index >= 15 is 0 Å². The lowest BCUT2D eigenvalue weighted by Gasteiger charge is -2.10. The minimum Gasteiger partial charge on any atom is -0.481 e. The van der Waals surface area contributed by atoms with Crippen molar-refractivity contribution in [3.05, 3.63) is 33.5 Å². The van der Waals surface area contributed by atoms with Crippen LogP contribution in [0.15, 0.2) is 16.6 Å². The lowest BCUT2D eigenvalue weighted by atomic mass is 9.99. The van der Waals surface area contributed by atoms with E-state index in [9.17, 15) is 9.18 Å². The fourth-order valence-corrected chi connectivity index (χ4v) is 1.79. The molecule has 1 N–H and O–H groups in total. The molecule has 0 heterocycles. The van der Waals surface area contributed by atoms with Crippen LogP contribution in [0.1, 0.15) is 24.0 Å². The molecule has 0 saturated heterocycles. The van der Waals surface area contributed by atoms with Crippen LogP contribution >= 0.6 is 15.9 Å². The molecular formula is C10H10BrFO2. The Labute approximate surface area is 89.9 Å². The van der Waals surface area contributed by atoms with Gasteiger partial charge in [0.25, 0.3) is 0 Å². The molecule has 76 valence electrons. The molecule has 1 aromatic carbocycles. The maximum Gasteiger partial charge on any atom is 0.310 e. The van der Waals surface area contributed by atoms with E-state index in [-0.39, 0.29) is 5.56 Å². The van der Waals surface area contributed by atoms with Crippen molar-refractivity contribution in [1.82, 2.24) is 0 Å². The Bertz CT molecular complexity index is 377. The van der Waals surface area contributed by atoms with Crippen molar-refractivity contribution in [2.24, 2.45) is 0 Å². The summed E-state index contributed by atoms with van der Waals surface area (Å²) in [6.45, 7) is 3.07. The van der Waals surface area contributed by atoms with E-state index in [4.69, 9.17) is 5.11 Å². The van der Waals surface area contributed by atoms with E-state index in [1.54, 1.807) is 13.0 Å². The lowest BCUT2D eigenvalue weighted by molar-refractivity contribution is -0.138. The fraction of sp³-hybridized carbons (Fsp3) is 0.300. The predicted octanol–water partition coefficient (Wildman–Crippen LogP) is 3.08. The van der Waals surface area contributed by atoms with Crippen molar-refractivity contribution < 1.29 is 14.3 Å². The van der Waals surface area contributed by atoms with Crippen LogP contribution in [0, 0.1) is 12.7 Å². The number of hydrogen-bond donors (Lipinski definition) is 1. The Morgan fingerprint density at radius 1 is 1.57 bits per heavy atom. The number of carbonyl (C=O) groups is 1. The van der Waals surface area contributed by atoms with Gasteiger partial charge in [-0.05, 0) is 31.5 Å². The van der Waals surface area contributed by atoms with Crippen molar-refractivity contribution in [3.63, 3.8) is 0 Å². The average Bonchev–Trinajstić information content (AvgIpc) is 2.09. The smallest absolute Gasteiger partial charge is 0.310 e. The monoisotopic (exact) mass is 260 g/mol. The van der Waals surface area contributed by atoms with Crippen LogP contribution in [0.2, 0.25) is 0 Å². The molecular weight excluding hydrogens is 251 g/mol. The summed E-state index contributed by atoms with van der Waals surface area (Å²) in [5.74, 6) is -2.30. The van der Waals surface area contributed by atoms with Gasteiger partial charge >= 0.3 is 5.97 Å². The topological polar surface area (TPSA) is 37.3 Å². The van der Waals surface area contributed by atoms with Crippen molar-refractivity contribution in [2.75, 3.05) is 0 Å². The summed E-state index contributed by atoms with van der Waals surface area (Å²) < 4.78 is 14.2. The molecule has 0 fully saturated rings. The second-order valence-corrected chi connectivity index (χ2v) is 4.10. The van der Waals surface area contributed by atoms with E-state index in [2.05, 4.69) is 15.9 Å². The zero-order valence-corrected chi connectivity index (χ0v) is 9.43. The molecule has 4 heteroatoms. The van der Waals surface area contributed by atoms with Crippen LogP contribution in [-0.2, 0) is 4.79 Å². The molecule has 0 radical (unpaired) electrons. The summed E-state index contributed by atoms with van der Waals surface area (Å²) in [5.41, 5.74) is 0.659. The molecule has 1 unspecified atom stereocenters. The molecule has 0 amide bonds. The summed E-state index contributed by atoms with van der Waals surface area (Å²) in [7, 11) is 0. The molecule has 1 aromatic rings. The third-order valence-electron chi connectivity index (χ3n) is 2.08.